The van der Waals surface area contributed by atoms with Crippen molar-refractivity contribution in [2.75, 3.05) is 92.1 Å². The monoisotopic (exact) mass is 2000 g/mol. The second-order valence-corrected chi connectivity index (χ2v) is 41.9. The molecule has 786 valence electrons. The van der Waals surface area contributed by atoms with Gasteiger partial charge in [-0.3, -0.25) is 40.8 Å². The van der Waals surface area contributed by atoms with Crippen LogP contribution in [0.1, 0.15) is 380 Å². The lowest BCUT2D eigenvalue weighted by atomic mass is 10.0. The number of phosphoric ester groups is 3. The molecule has 6 fully saturated rings. The van der Waals surface area contributed by atoms with Crippen molar-refractivity contribution in [3.63, 3.8) is 0 Å². The average molecular weight is 2000 g/mol. The normalized spacial score (nSPS) is 23.3. The number of aliphatic hydroxyl groups is 6. The van der Waals surface area contributed by atoms with Gasteiger partial charge in [-0.1, -0.05) is 310 Å². The molecular formula is C97H173N12O25P3. The largest absolute Gasteiger partial charge is 0.472 e. The van der Waals surface area contributed by atoms with Gasteiger partial charge in [-0.05, 0) is 69.6 Å². The molecule has 9 rings (SSSR count). The molecule has 37 nitrogen and oxygen atoms in total. The third kappa shape index (κ3) is 49.4. The summed E-state index contributed by atoms with van der Waals surface area (Å²) in [7, 11) is -13.2. The Hall–Kier alpha value is -5.02. The van der Waals surface area contributed by atoms with Crippen LogP contribution in [-0.2, 0) is 59.8 Å². The number of unbranched alkanes of at least 4 members (excludes halogenated alkanes) is 45. The van der Waals surface area contributed by atoms with E-state index in [-0.39, 0.29) is 37.3 Å². The molecule has 3 aromatic heterocycles. The second-order valence-electron chi connectivity index (χ2n) is 37.5. The van der Waals surface area contributed by atoms with Gasteiger partial charge in [-0.2, -0.15) is 15.0 Å². The molecule has 6 aliphatic heterocycles. The highest BCUT2D eigenvalue weighted by Gasteiger charge is 2.48. The summed E-state index contributed by atoms with van der Waals surface area (Å²) in [4.78, 5) is 98.6. The van der Waals surface area contributed by atoms with Crippen molar-refractivity contribution in [3.8, 4) is 0 Å². The molecule has 40 heteroatoms. The van der Waals surface area contributed by atoms with E-state index in [4.69, 9.17) is 46.1 Å². The number of piperidine rings is 1. The van der Waals surface area contributed by atoms with Crippen molar-refractivity contribution in [1.29, 1.82) is 0 Å². The summed E-state index contributed by atoms with van der Waals surface area (Å²) >= 11 is 0. The van der Waals surface area contributed by atoms with Gasteiger partial charge in [0.25, 0.3) is 0 Å². The number of aliphatic hydroxyl groups excluding tert-OH is 6. The summed E-state index contributed by atoms with van der Waals surface area (Å²) in [6, 6.07) is 4.51. The molecule has 6 saturated heterocycles. The predicted octanol–water partition coefficient (Wildman–Crippen LogP) is 17.7. The summed E-state index contributed by atoms with van der Waals surface area (Å²) in [6.45, 7) is 11.7. The molecule has 0 saturated carbocycles. The van der Waals surface area contributed by atoms with Crippen LogP contribution < -0.4 is 17.1 Å². The number of aliphatic imine (C=N–C) groups is 3. The third-order valence-corrected chi connectivity index (χ3v) is 28.8. The Balaban J connectivity index is 0.000000280. The molecule has 6 aliphatic rings. The first-order valence-electron chi connectivity index (χ1n) is 52.5. The van der Waals surface area contributed by atoms with Crippen LogP contribution in [0.25, 0.3) is 0 Å². The minimum absolute atomic E-state index is 0.0764. The van der Waals surface area contributed by atoms with Gasteiger partial charge in [0.2, 0.25) is 0 Å². The van der Waals surface area contributed by atoms with Gasteiger partial charge in [-0.15, -0.1) is 0 Å². The summed E-state index contributed by atoms with van der Waals surface area (Å²) in [5, 5.41) is 62.9. The molecule has 0 amide bonds. The van der Waals surface area contributed by atoms with E-state index in [0.717, 1.165) is 123 Å². The molecule has 9 N–H and O–H groups in total. The van der Waals surface area contributed by atoms with Crippen LogP contribution in [0.3, 0.4) is 0 Å². The summed E-state index contributed by atoms with van der Waals surface area (Å²) in [6.07, 6.45) is 58.0. The molecule has 3 aromatic rings. The van der Waals surface area contributed by atoms with Gasteiger partial charge in [0.1, 0.15) is 54.9 Å². The highest BCUT2D eigenvalue weighted by atomic mass is 31.2. The first kappa shape index (κ1) is 119. The van der Waals surface area contributed by atoms with E-state index in [0.29, 0.717) is 45.6 Å². The van der Waals surface area contributed by atoms with Crippen molar-refractivity contribution in [1.82, 2.24) is 43.4 Å². The van der Waals surface area contributed by atoms with E-state index in [1.165, 1.54) is 274 Å². The third-order valence-electron chi connectivity index (χ3n) is 25.9. The summed E-state index contributed by atoms with van der Waals surface area (Å²) in [5.41, 5.74) is -2.15. The SMILES string of the molecule is CCCCCCCCCCCCCCCCCCOP(=O)(O)OC[C@H]1O[C@@H](n2ccc(N=CN3CCCC3)nc2=O)C(O)[C@H]1O.CCCCCCCCCCCCCCCCCCOP(=O)(O)OC[C@H]1O[C@@H](n2ccc(N=CN3CCCCC3)nc2=O)C(O)[C@H]1O.CCCCCCCCCCCCCCCCCCOP(=O)(O)OC[C@H]1O[C@@H](n2ccc(N=CN3CCOCC3)nc2=O)C(O)[C@H]1O. The van der Waals surface area contributed by atoms with Crippen molar-refractivity contribution >= 4 is 59.9 Å². The minimum Gasteiger partial charge on any atom is -0.387 e. The Morgan fingerprint density at radius 2 is 0.526 bits per heavy atom. The molecule has 6 unspecified atom stereocenters. The lowest BCUT2D eigenvalue weighted by molar-refractivity contribution is -0.0551. The maximum Gasteiger partial charge on any atom is 0.472 e. The summed E-state index contributed by atoms with van der Waals surface area (Å²) < 4.78 is 92.8. The van der Waals surface area contributed by atoms with Gasteiger partial charge in [-0.25, -0.2) is 43.1 Å². The topological polar surface area (TPSA) is 477 Å². The van der Waals surface area contributed by atoms with Crippen molar-refractivity contribution in [2.24, 2.45) is 15.0 Å². The number of morpholine rings is 1. The van der Waals surface area contributed by atoms with E-state index in [1.54, 1.807) is 19.0 Å². The maximum atomic E-state index is 12.6. The maximum absolute atomic E-state index is 12.6. The number of hydrogen-bond donors (Lipinski definition) is 9. The standard InChI is InChI=1S/C33H59N4O8P.C32H57N4O9P.C32H57N4O8P/c1-2-3-4-5-6-7-8-9-10-11-12-13-14-15-16-20-25-43-46(41,42)44-26-28-30(38)31(39)32(45-28)37-24-21-29(35-33(37)40)34-27-36-22-18-17-19-23-36;1-2-3-4-5-6-7-8-9-10-11-12-13-14-15-16-17-22-43-46(40,41)44-25-27-29(37)30(38)31(45-27)36-19-18-28(34-32(36)39)33-26-35-20-23-42-24-21-35;1-2-3-4-5-6-7-8-9-10-11-12-13-14-15-16-19-24-42-45(40,41)43-25-27-29(37)30(38)31(44-27)36-23-20-28(34-32(36)39)33-26-35-21-17-18-22-35/h21,24,27-28,30-32,38-39H,2-20,22-23,25-26H2,1H3,(H,41,42);18-19,26-27,29-31,37-38H,2-17,20-25H2,1H3,(H,40,41);20,23,26-27,29-31,37-38H,2-19,21-22,24-25H2,1H3,(H,40,41)/t28-,30+,31?,32-;2*27-,29+,30?,31-/m111/s1. The number of hydrogen-bond acceptors (Lipinski definition) is 28. The van der Waals surface area contributed by atoms with E-state index in [2.05, 4.69) is 55.6 Å². The van der Waals surface area contributed by atoms with Crippen molar-refractivity contribution in [3.05, 3.63) is 68.2 Å². The fraction of sp³-hybridized carbons (Fsp3) is 0.845. The fourth-order valence-corrected chi connectivity index (χ4v) is 19.7. The smallest absolute Gasteiger partial charge is 0.387 e. The Morgan fingerprint density at radius 1 is 0.314 bits per heavy atom. The molecule has 15 atom stereocenters. The first-order chi connectivity index (χ1) is 66.4. The molecule has 137 heavy (non-hydrogen) atoms. The molecular weight excluding hydrogens is 1830 g/mol. The lowest BCUT2D eigenvalue weighted by Crippen LogP contribution is -2.36. The van der Waals surface area contributed by atoms with E-state index in [9.17, 15) is 73.4 Å². The van der Waals surface area contributed by atoms with Crippen LogP contribution in [0.2, 0.25) is 0 Å². The zero-order valence-electron chi connectivity index (χ0n) is 82.8. The van der Waals surface area contributed by atoms with Gasteiger partial charge in [0.15, 0.2) is 36.1 Å². The van der Waals surface area contributed by atoms with Crippen LogP contribution in [0.4, 0.5) is 17.5 Å². The number of ether oxygens (including phenoxy) is 4. The number of rotatable bonds is 72. The fourth-order valence-electron chi connectivity index (χ4n) is 17.4. The second kappa shape index (κ2) is 70.6. The number of phosphoric acid groups is 3. The molecule has 0 aliphatic carbocycles. The summed E-state index contributed by atoms with van der Waals surface area (Å²) in [5.74, 6) is 0.629. The zero-order chi connectivity index (χ0) is 98.4. The van der Waals surface area contributed by atoms with Crippen molar-refractivity contribution in [2.45, 2.75) is 435 Å². The van der Waals surface area contributed by atoms with Gasteiger partial charge < -0.3 is 79.0 Å². The Bertz CT molecular complexity index is 3920. The van der Waals surface area contributed by atoms with Crippen LogP contribution in [-0.4, -0.2) is 255 Å². The molecule has 9 heterocycles. The quantitative estimate of drug-likeness (QED) is 0.0110. The Morgan fingerprint density at radius 3 is 0.752 bits per heavy atom. The van der Waals surface area contributed by atoms with Crippen LogP contribution in [0, 0.1) is 0 Å². The number of likely N-dealkylation sites (tertiary alicyclic amines) is 2. The van der Waals surface area contributed by atoms with Gasteiger partial charge in [0, 0.05) is 57.9 Å². The van der Waals surface area contributed by atoms with Gasteiger partial charge in [0.05, 0.1) is 71.9 Å². The van der Waals surface area contributed by atoms with E-state index in [1.807, 2.05) is 9.80 Å². The molecule has 0 radical (unpaired) electrons. The minimum atomic E-state index is -4.39. The number of nitrogens with zero attached hydrogens (tertiary/aromatic N) is 12. The molecule has 0 spiro atoms. The Labute approximate surface area is 814 Å². The van der Waals surface area contributed by atoms with Gasteiger partial charge >= 0.3 is 40.5 Å². The molecule has 0 bridgehead atoms. The van der Waals surface area contributed by atoms with Crippen molar-refractivity contribution < 1.29 is 105 Å². The van der Waals surface area contributed by atoms with Crippen LogP contribution in [0.5, 0.6) is 0 Å². The highest BCUT2D eigenvalue weighted by molar-refractivity contribution is 7.47. The molecule has 0 aromatic carbocycles. The van der Waals surface area contributed by atoms with Crippen LogP contribution in [0.15, 0.2) is 66.2 Å². The zero-order valence-corrected chi connectivity index (χ0v) is 85.4. The number of aromatic nitrogens is 6. The predicted molar refractivity (Wildman–Crippen MR) is 530 cm³/mol. The average Bonchev–Trinajstić information content (AvgIpc) is 1.66. The Kier molecular flexibility index (Phi) is 61.3. The lowest BCUT2D eigenvalue weighted by Gasteiger charge is -2.24. The highest BCUT2D eigenvalue weighted by Crippen LogP contribution is 2.47. The first-order valence-corrected chi connectivity index (χ1v) is 57.0. The van der Waals surface area contributed by atoms with E-state index >= 15 is 0 Å². The van der Waals surface area contributed by atoms with E-state index < -0.39 is 134 Å². The van der Waals surface area contributed by atoms with Crippen LogP contribution >= 0.6 is 23.5 Å².